The van der Waals surface area contributed by atoms with Gasteiger partial charge in [-0.25, -0.2) is 4.39 Å². The van der Waals surface area contributed by atoms with Crippen molar-refractivity contribution in [1.82, 2.24) is 5.32 Å². The van der Waals surface area contributed by atoms with Crippen LogP contribution in [0.4, 0.5) is 10.1 Å². The Bertz CT molecular complexity index is 647. The van der Waals surface area contributed by atoms with Crippen LogP contribution in [0.2, 0.25) is 0 Å². The number of nitro benzene ring substituents is 1. The van der Waals surface area contributed by atoms with Gasteiger partial charge in [-0.3, -0.25) is 10.1 Å². The van der Waals surface area contributed by atoms with Crippen LogP contribution in [0.1, 0.15) is 11.1 Å². The number of benzene rings is 2. The molecule has 0 amide bonds. The molecular weight excluding hydrogens is 275 g/mol. The molecule has 0 aliphatic heterocycles. The van der Waals surface area contributed by atoms with Crippen molar-refractivity contribution in [3.8, 4) is 5.75 Å². The monoisotopic (exact) mass is 290 g/mol. The molecule has 2 aromatic carbocycles. The molecule has 0 saturated heterocycles. The van der Waals surface area contributed by atoms with E-state index in [-0.39, 0.29) is 18.1 Å². The summed E-state index contributed by atoms with van der Waals surface area (Å²) in [6.07, 6.45) is 0. The molecule has 0 unspecified atom stereocenters. The quantitative estimate of drug-likeness (QED) is 0.656. The molecule has 0 heterocycles. The molecule has 0 aliphatic rings. The molecular formula is C15H15FN2O3. The number of rotatable bonds is 6. The summed E-state index contributed by atoms with van der Waals surface area (Å²) in [6.45, 7) is 0.659. The van der Waals surface area contributed by atoms with Crippen LogP contribution in [0, 0.1) is 15.9 Å². The third-order valence-corrected chi connectivity index (χ3v) is 2.91. The van der Waals surface area contributed by atoms with Gasteiger partial charge >= 0.3 is 0 Å². The van der Waals surface area contributed by atoms with Crippen LogP contribution in [-0.2, 0) is 13.2 Å². The first-order chi connectivity index (χ1) is 10.1. The second kappa shape index (κ2) is 6.81. The zero-order valence-corrected chi connectivity index (χ0v) is 11.5. The molecule has 0 radical (unpaired) electrons. The summed E-state index contributed by atoms with van der Waals surface area (Å²) in [5.74, 6) is 0.222. The summed E-state index contributed by atoms with van der Waals surface area (Å²) in [5.41, 5.74) is 1.40. The van der Waals surface area contributed by atoms with Crippen molar-refractivity contribution in [3.05, 3.63) is 69.5 Å². The van der Waals surface area contributed by atoms with Gasteiger partial charge in [-0.15, -0.1) is 0 Å². The maximum absolute atomic E-state index is 13.2. The average molecular weight is 290 g/mol. The van der Waals surface area contributed by atoms with Crippen molar-refractivity contribution in [3.63, 3.8) is 0 Å². The molecule has 0 saturated carbocycles. The Labute approximate surface area is 121 Å². The fourth-order valence-electron chi connectivity index (χ4n) is 1.94. The number of nitrogens with one attached hydrogen (secondary N) is 1. The van der Waals surface area contributed by atoms with E-state index in [1.165, 1.54) is 24.3 Å². The minimum Gasteiger partial charge on any atom is -0.489 e. The largest absolute Gasteiger partial charge is 0.489 e. The summed E-state index contributed by atoms with van der Waals surface area (Å²) in [7, 11) is 1.76. The molecule has 6 heteroatoms. The molecule has 0 aromatic heterocycles. The van der Waals surface area contributed by atoms with Crippen LogP contribution in [-0.4, -0.2) is 12.0 Å². The second-order valence-corrected chi connectivity index (χ2v) is 4.50. The van der Waals surface area contributed by atoms with E-state index in [0.717, 1.165) is 0 Å². The Morgan fingerprint density at radius 3 is 2.81 bits per heavy atom. The van der Waals surface area contributed by atoms with E-state index in [2.05, 4.69) is 5.32 Å². The third-order valence-electron chi connectivity index (χ3n) is 2.91. The number of ether oxygens (including phenoxy) is 1. The molecule has 5 nitrogen and oxygen atoms in total. The lowest BCUT2D eigenvalue weighted by Crippen LogP contribution is -2.08. The fraction of sp³-hybridized carbons (Fsp3) is 0.200. The van der Waals surface area contributed by atoms with Crippen molar-refractivity contribution in [2.24, 2.45) is 0 Å². The zero-order chi connectivity index (χ0) is 15.2. The summed E-state index contributed by atoms with van der Waals surface area (Å²) >= 11 is 0. The van der Waals surface area contributed by atoms with E-state index in [1.807, 2.05) is 0 Å². The van der Waals surface area contributed by atoms with Crippen LogP contribution >= 0.6 is 0 Å². The van der Waals surface area contributed by atoms with E-state index in [0.29, 0.717) is 23.4 Å². The number of nitrogens with zero attached hydrogens (tertiary/aromatic N) is 1. The molecule has 21 heavy (non-hydrogen) atoms. The maximum Gasteiger partial charge on any atom is 0.269 e. The number of halogens is 1. The van der Waals surface area contributed by atoms with Gasteiger partial charge in [0, 0.05) is 24.2 Å². The first-order valence-electron chi connectivity index (χ1n) is 6.39. The van der Waals surface area contributed by atoms with E-state index in [1.54, 1.807) is 25.2 Å². The van der Waals surface area contributed by atoms with Crippen LogP contribution < -0.4 is 10.1 Å². The lowest BCUT2D eigenvalue weighted by atomic mass is 10.2. The highest BCUT2D eigenvalue weighted by atomic mass is 19.1. The van der Waals surface area contributed by atoms with Crippen LogP contribution in [0.3, 0.4) is 0 Å². The van der Waals surface area contributed by atoms with Crippen molar-refractivity contribution < 1.29 is 14.1 Å². The minimum absolute atomic E-state index is 0.0191. The van der Waals surface area contributed by atoms with E-state index >= 15 is 0 Å². The predicted octanol–water partition coefficient (Wildman–Crippen LogP) is 3.03. The normalized spacial score (nSPS) is 10.4. The van der Waals surface area contributed by atoms with Crippen LogP contribution in [0.15, 0.2) is 42.5 Å². The number of nitro groups is 1. The predicted molar refractivity (Wildman–Crippen MR) is 76.6 cm³/mol. The van der Waals surface area contributed by atoms with Gasteiger partial charge in [0.25, 0.3) is 5.69 Å². The summed E-state index contributed by atoms with van der Waals surface area (Å²) < 4.78 is 18.9. The molecule has 2 rings (SSSR count). The summed E-state index contributed by atoms with van der Waals surface area (Å²) in [4.78, 5) is 10.3. The van der Waals surface area contributed by atoms with Crippen molar-refractivity contribution in [1.29, 1.82) is 0 Å². The second-order valence-electron chi connectivity index (χ2n) is 4.50. The van der Waals surface area contributed by atoms with E-state index in [9.17, 15) is 14.5 Å². The van der Waals surface area contributed by atoms with Gasteiger partial charge < -0.3 is 10.1 Å². The molecule has 0 fully saturated rings. The molecule has 0 spiro atoms. The summed E-state index contributed by atoms with van der Waals surface area (Å²) in [6, 6.07) is 10.5. The van der Waals surface area contributed by atoms with Gasteiger partial charge in [0.2, 0.25) is 0 Å². The maximum atomic E-state index is 13.2. The summed E-state index contributed by atoms with van der Waals surface area (Å²) in [5, 5.41) is 13.7. The molecule has 0 bridgehead atoms. The minimum atomic E-state index is -0.451. The van der Waals surface area contributed by atoms with Crippen LogP contribution in [0.5, 0.6) is 5.75 Å². The highest BCUT2D eigenvalue weighted by Gasteiger charge is 2.08. The van der Waals surface area contributed by atoms with Crippen molar-refractivity contribution >= 4 is 5.69 Å². The smallest absolute Gasteiger partial charge is 0.269 e. The van der Waals surface area contributed by atoms with Gasteiger partial charge in [0.15, 0.2) is 0 Å². The molecule has 0 atom stereocenters. The topological polar surface area (TPSA) is 64.4 Å². The van der Waals surface area contributed by atoms with Gasteiger partial charge in [-0.05, 0) is 30.8 Å². The first kappa shape index (κ1) is 14.9. The number of non-ortho nitro benzene ring substituents is 1. The molecule has 0 aliphatic carbocycles. The van der Waals surface area contributed by atoms with Crippen molar-refractivity contribution in [2.45, 2.75) is 13.2 Å². The van der Waals surface area contributed by atoms with Crippen molar-refractivity contribution in [2.75, 3.05) is 7.05 Å². The highest BCUT2D eigenvalue weighted by Crippen LogP contribution is 2.22. The lowest BCUT2D eigenvalue weighted by molar-refractivity contribution is -0.384. The highest BCUT2D eigenvalue weighted by molar-refractivity contribution is 5.36. The zero-order valence-electron chi connectivity index (χ0n) is 11.5. The standard InChI is InChI=1S/C15H15FN2O3/c1-17-9-12-8-13(16)5-6-15(12)21-10-11-3-2-4-14(7-11)18(19)20/h2-8,17H,9-10H2,1H3. The Balaban J connectivity index is 2.12. The van der Waals surface area contributed by atoms with Crippen LogP contribution in [0.25, 0.3) is 0 Å². The first-order valence-corrected chi connectivity index (χ1v) is 6.39. The van der Waals surface area contributed by atoms with Gasteiger partial charge in [-0.1, -0.05) is 12.1 Å². The van der Waals surface area contributed by atoms with Gasteiger partial charge in [0.05, 0.1) is 4.92 Å². The Kier molecular flexibility index (Phi) is 4.84. The Hall–Kier alpha value is -2.47. The van der Waals surface area contributed by atoms with Gasteiger partial charge in [0.1, 0.15) is 18.2 Å². The fourth-order valence-corrected chi connectivity index (χ4v) is 1.94. The Morgan fingerprint density at radius 2 is 2.10 bits per heavy atom. The average Bonchev–Trinajstić information content (AvgIpc) is 2.47. The number of hydrogen-bond acceptors (Lipinski definition) is 4. The number of hydrogen-bond donors (Lipinski definition) is 1. The SMILES string of the molecule is CNCc1cc(F)ccc1OCc1cccc([N+](=O)[O-])c1. The third kappa shape index (κ3) is 4.00. The lowest BCUT2D eigenvalue weighted by Gasteiger charge is -2.11. The molecule has 2 aromatic rings. The van der Waals surface area contributed by atoms with Gasteiger partial charge in [-0.2, -0.15) is 0 Å². The van der Waals surface area contributed by atoms with E-state index < -0.39 is 4.92 Å². The molecule has 110 valence electrons. The Morgan fingerprint density at radius 1 is 1.29 bits per heavy atom. The van der Waals surface area contributed by atoms with E-state index in [4.69, 9.17) is 4.74 Å². The molecule has 1 N–H and O–H groups in total.